The molecule has 0 aliphatic rings. The van der Waals surface area contributed by atoms with Crippen molar-refractivity contribution >= 4 is 11.3 Å². The first-order valence-electron chi connectivity index (χ1n) is 6.59. The standard InChI is InChI=1S/C16H18N2O2S/c1-16(2,3)14-10-21-15(18-14)9-20-13-6-11(8-17)5-12(7-13)19-4/h5-7,10H,9H2,1-4H3. The average molecular weight is 302 g/mol. The topological polar surface area (TPSA) is 55.1 Å². The summed E-state index contributed by atoms with van der Waals surface area (Å²) in [6.07, 6.45) is 0. The molecule has 21 heavy (non-hydrogen) atoms. The van der Waals surface area contributed by atoms with Crippen molar-refractivity contribution < 1.29 is 9.47 Å². The van der Waals surface area contributed by atoms with E-state index in [0.717, 1.165) is 10.7 Å². The third-order valence-corrected chi connectivity index (χ3v) is 3.75. The molecule has 0 N–H and O–H groups in total. The number of rotatable bonds is 4. The van der Waals surface area contributed by atoms with Gasteiger partial charge in [-0.1, -0.05) is 20.8 Å². The minimum atomic E-state index is 0.0404. The van der Waals surface area contributed by atoms with Gasteiger partial charge in [-0.2, -0.15) is 5.26 Å². The van der Waals surface area contributed by atoms with Gasteiger partial charge in [0.1, 0.15) is 23.1 Å². The van der Waals surface area contributed by atoms with Crippen LogP contribution in [0.15, 0.2) is 23.6 Å². The van der Waals surface area contributed by atoms with Crippen LogP contribution in [0, 0.1) is 11.3 Å². The average Bonchev–Trinajstić information content (AvgIpc) is 2.93. The zero-order valence-electron chi connectivity index (χ0n) is 12.6. The molecule has 2 rings (SSSR count). The smallest absolute Gasteiger partial charge is 0.140 e. The minimum absolute atomic E-state index is 0.0404. The van der Waals surface area contributed by atoms with Gasteiger partial charge in [0, 0.05) is 16.9 Å². The van der Waals surface area contributed by atoms with Crippen LogP contribution in [0.1, 0.15) is 37.0 Å². The van der Waals surface area contributed by atoms with Crippen molar-refractivity contribution in [3.63, 3.8) is 0 Å². The summed E-state index contributed by atoms with van der Waals surface area (Å²) < 4.78 is 10.9. The second-order valence-corrected chi connectivity index (χ2v) is 6.62. The van der Waals surface area contributed by atoms with Gasteiger partial charge in [0.25, 0.3) is 0 Å². The van der Waals surface area contributed by atoms with E-state index < -0.39 is 0 Å². The van der Waals surface area contributed by atoms with Gasteiger partial charge in [0.2, 0.25) is 0 Å². The van der Waals surface area contributed by atoms with Crippen LogP contribution in [-0.4, -0.2) is 12.1 Å². The lowest BCUT2D eigenvalue weighted by Crippen LogP contribution is -2.11. The molecule has 0 aliphatic carbocycles. The van der Waals surface area contributed by atoms with Crippen LogP contribution in [0.4, 0.5) is 0 Å². The molecule has 0 spiro atoms. The van der Waals surface area contributed by atoms with Crippen LogP contribution in [0.25, 0.3) is 0 Å². The van der Waals surface area contributed by atoms with E-state index in [4.69, 9.17) is 14.7 Å². The Bertz CT molecular complexity index is 666. The molecule has 0 fully saturated rings. The Labute approximate surface area is 129 Å². The minimum Gasteiger partial charge on any atom is -0.497 e. The van der Waals surface area contributed by atoms with Gasteiger partial charge in [-0.05, 0) is 12.1 Å². The number of methoxy groups -OCH3 is 1. The fraction of sp³-hybridized carbons (Fsp3) is 0.375. The van der Waals surface area contributed by atoms with Gasteiger partial charge in [-0.15, -0.1) is 11.3 Å². The van der Waals surface area contributed by atoms with Gasteiger partial charge < -0.3 is 9.47 Å². The van der Waals surface area contributed by atoms with Crippen molar-refractivity contribution in [2.45, 2.75) is 32.8 Å². The molecule has 0 radical (unpaired) electrons. The van der Waals surface area contributed by atoms with E-state index >= 15 is 0 Å². The largest absolute Gasteiger partial charge is 0.497 e. The van der Waals surface area contributed by atoms with Crippen molar-refractivity contribution in [1.29, 1.82) is 5.26 Å². The first kappa shape index (κ1) is 15.3. The molecule has 0 atom stereocenters. The summed E-state index contributed by atoms with van der Waals surface area (Å²) in [5.74, 6) is 1.22. The number of aromatic nitrogens is 1. The SMILES string of the molecule is COc1cc(C#N)cc(OCc2nc(C(C)(C)C)cs2)c1. The van der Waals surface area contributed by atoms with Crippen molar-refractivity contribution in [1.82, 2.24) is 4.98 Å². The third kappa shape index (κ3) is 3.96. The number of hydrogen-bond donors (Lipinski definition) is 0. The van der Waals surface area contributed by atoms with Crippen LogP contribution in [0.5, 0.6) is 11.5 Å². The summed E-state index contributed by atoms with van der Waals surface area (Å²) in [7, 11) is 1.57. The maximum Gasteiger partial charge on any atom is 0.140 e. The summed E-state index contributed by atoms with van der Waals surface area (Å²) in [5.41, 5.74) is 1.62. The van der Waals surface area contributed by atoms with Gasteiger partial charge in [-0.25, -0.2) is 4.98 Å². The zero-order valence-corrected chi connectivity index (χ0v) is 13.5. The molecule has 0 amide bonds. The van der Waals surface area contributed by atoms with Crippen LogP contribution < -0.4 is 9.47 Å². The third-order valence-electron chi connectivity index (χ3n) is 2.93. The number of nitriles is 1. The van der Waals surface area contributed by atoms with Gasteiger partial charge in [-0.3, -0.25) is 0 Å². The molecular weight excluding hydrogens is 284 g/mol. The lowest BCUT2D eigenvalue weighted by Gasteiger charge is -2.14. The van der Waals surface area contributed by atoms with E-state index in [9.17, 15) is 0 Å². The zero-order chi connectivity index (χ0) is 15.5. The molecule has 4 nitrogen and oxygen atoms in total. The second kappa shape index (κ2) is 6.15. The summed E-state index contributed by atoms with van der Waals surface area (Å²) in [5, 5.41) is 12.0. The quantitative estimate of drug-likeness (QED) is 0.859. The lowest BCUT2D eigenvalue weighted by atomic mass is 9.93. The van der Waals surface area contributed by atoms with Crippen LogP contribution >= 0.6 is 11.3 Å². The highest BCUT2D eigenvalue weighted by Crippen LogP contribution is 2.26. The molecule has 1 aromatic heterocycles. The van der Waals surface area contributed by atoms with Crippen LogP contribution in [-0.2, 0) is 12.0 Å². The molecular formula is C16H18N2O2S. The van der Waals surface area contributed by atoms with E-state index in [1.54, 1.807) is 36.6 Å². The molecule has 0 bridgehead atoms. The Morgan fingerprint density at radius 3 is 2.52 bits per heavy atom. The number of nitrogens with zero attached hydrogens (tertiary/aromatic N) is 2. The van der Waals surface area contributed by atoms with E-state index in [0.29, 0.717) is 23.7 Å². The predicted octanol–water partition coefficient (Wildman–Crippen LogP) is 3.90. The Morgan fingerprint density at radius 2 is 1.95 bits per heavy atom. The van der Waals surface area contributed by atoms with E-state index in [1.807, 2.05) is 0 Å². The highest BCUT2D eigenvalue weighted by molar-refractivity contribution is 7.09. The number of ether oxygens (including phenoxy) is 2. The highest BCUT2D eigenvalue weighted by atomic mass is 32.1. The second-order valence-electron chi connectivity index (χ2n) is 5.67. The first-order valence-corrected chi connectivity index (χ1v) is 7.47. The molecule has 110 valence electrons. The first-order chi connectivity index (χ1) is 9.92. The molecule has 1 heterocycles. The van der Waals surface area contributed by atoms with Crippen molar-refractivity contribution in [3.05, 3.63) is 39.8 Å². The Balaban J connectivity index is 2.10. The Morgan fingerprint density at radius 1 is 1.24 bits per heavy atom. The fourth-order valence-electron chi connectivity index (χ4n) is 1.70. The Hall–Kier alpha value is -2.06. The molecule has 1 aromatic carbocycles. The highest BCUT2D eigenvalue weighted by Gasteiger charge is 2.17. The fourth-order valence-corrected chi connectivity index (χ4v) is 2.64. The molecule has 0 saturated heterocycles. The number of hydrogen-bond acceptors (Lipinski definition) is 5. The van der Waals surface area contributed by atoms with Crippen molar-refractivity contribution in [3.8, 4) is 17.6 Å². The summed E-state index contributed by atoms with van der Waals surface area (Å²) >= 11 is 1.58. The monoisotopic (exact) mass is 302 g/mol. The number of benzene rings is 1. The van der Waals surface area contributed by atoms with Crippen molar-refractivity contribution in [2.24, 2.45) is 0 Å². The summed E-state index contributed by atoms with van der Waals surface area (Å²) in [4.78, 5) is 4.58. The van der Waals surface area contributed by atoms with Gasteiger partial charge in [0.15, 0.2) is 0 Å². The lowest BCUT2D eigenvalue weighted by molar-refractivity contribution is 0.302. The van der Waals surface area contributed by atoms with E-state index in [-0.39, 0.29) is 5.41 Å². The van der Waals surface area contributed by atoms with Crippen LogP contribution in [0.3, 0.4) is 0 Å². The molecule has 0 saturated carbocycles. The van der Waals surface area contributed by atoms with Gasteiger partial charge in [0.05, 0.1) is 24.4 Å². The molecule has 0 unspecified atom stereocenters. The van der Waals surface area contributed by atoms with Crippen molar-refractivity contribution in [2.75, 3.05) is 7.11 Å². The normalized spacial score (nSPS) is 11.0. The summed E-state index contributed by atoms with van der Waals surface area (Å²) in [6, 6.07) is 7.22. The molecule has 5 heteroatoms. The maximum absolute atomic E-state index is 8.99. The van der Waals surface area contributed by atoms with Gasteiger partial charge >= 0.3 is 0 Å². The number of thiazole rings is 1. The predicted molar refractivity (Wildman–Crippen MR) is 82.9 cm³/mol. The maximum atomic E-state index is 8.99. The van der Waals surface area contributed by atoms with Crippen LogP contribution in [0.2, 0.25) is 0 Å². The molecule has 0 aliphatic heterocycles. The van der Waals surface area contributed by atoms with E-state index in [1.165, 1.54) is 0 Å². The molecule has 2 aromatic rings. The summed E-state index contributed by atoms with van der Waals surface area (Å²) in [6.45, 7) is 6.79. The Kier molecular flexibility index (Phi) is 4.49. The van der Waals surface area contributed by atoms with E-state index in [2.05, 4.69) is 37.2 Å².